The summed E-state index contributed by atoms with van der Waals surface area (Å²) in [6.45, 7) is 2.12. The molecule has 0 saturated carbocycles. The first kappa shape index (κ1) is 17.9. The molecule has 0 aliphatic carbocycles. The van der Waals surface area contributed by atoms with Gasteiger partial charge in [0.05, 0.1) is 24.2 Å². The number of urea groups is 1. The lowest BCUT2D eigenvalue weighted by molar-refractivity contribution is -0.120. The highest BCUT2D eigenvalue weighted by Crippen LogP contribution is 2.23. The van der Waals surface area contributed by atoms with Crippen molar-refractivity contribution in [2.24, 2.45) is 5.10 Å². The number of carbonyl (C=O) groups excluding carboxylic acids is 2. The number of anilines is 1. The lowest BCUT2D eigenvalue weighted by Crippen LogP contribution is -2.37. The quantitative estimate of drug-likeness (QED) is 0.527. The fraction of sp³-hybridized carbons (Fsp3) is 0.176. The summed E-state index contributed by atoms with van der Waals surface area (Å²) >= 11 is 0. The van der Waals surface area contributed by atoms with E-state index in [1.807, 2.05) is 13.0 Å². The first-order valence-corrected chi connectivity index (χ1v) is 7.68. The number of hydrogen-bond acceptors (Lipinski definition) is 5. The summed E-state index contributed by atoms with van der Waals surface area (Å²) in [6, 6.07) is 11.9. The van der Waals surface area contributed by atoms with Crippen molar-refractivity contribution in [2.75, 3.05) is 18.5 Å². The smallest absolute Gasteiger partial charge is 0.319 e. The summed E-state index contributed by atoms with van der Waals surface area (Å²) in [5.41, 5.74) is 3.44. The average Bonchev–Trinajstić information content (AvgIpc) is 2.63. The molecule has 8 heteroatoms. The highest BCUT2D eigenvalue weighted by molar-refractivity contribution is 5.93. The van der Waals surface area contributed by atoms with E-state index in [0.29, 0.717) is 23.7 Å². The van der Waals surface area contributed by atoms with E-state index in [2.05, 4.69) is 26.1 Å². The van der Waals surface area contributed by atoms with Crippen molar-refractivity contribution in [1.29, 1.82) is 0 Å². The van der Waals surface area contributed by atoms with Crippen LogP contribution in [0.3, 0.4) is 0 Å². The zero-order valence-corrected chi connectivity index (χ0v) is 13.7. The normalized spacial score (nSPS) is 10.3. The maximum atomic E-state index is 11.9. The van der Waals surface area contributed by atoms with Crippen LogP contribution in [0.5, 0.6) is 5.75 Å². The molecule has 3 amide bonds. The van der Waals surface area contributed by atoms with Gasteiger partial charge in [-0.1, -0.05) is 18.2 Å². The third-order valence-corrected chi connectivity index (χ3v) is 2.92. The van der Waals surface area contributed by atoms with Crippen LogP contribution in [-0.4, -0.2) is 36.3 Å². The number of para-hydroxylation sites is 2. The molecule has 0 unspecified atom stereocenters. The number of nitrogens with zero attached hydrogens (tertiary/aromatic N) is 2. The second-order valence-corrected chi connectivity index (χ2v) is 4.78. The number of hydrazone groups is 1. The third-order valence-electron chi connectivity index (χ3n) is 2.92. The summed E-state index contributed by atoms with van der Waals surface area (Å²) in [5, 5.41) is 8.83. The SMILES string of the molecule is CCOc1ccccc1NC(=O)NCC(=O)NN=Cc1ccccn1. The summed E-state index contributed by atoms with van der Waals surface area (Å²) in [5.74, 6) is 0.102. The minimum Gasteiger partial charge on any atom is -0.492 e. The maximum Gasteiger partial charge on any atom is 0.319 e. The number of carbonyl (C=O) groups is 2. The topological polar surface area (TPSA) is 105 Å². The van der Waals surface area contributed by atoms with Gasteiger partial charge >= 0.3 is 6.03 Å². The van der Waals surface area contributed by atoms with Crippen LogP contribution in [0, 0.1) is 0 Å². The average molecular weight is 341 g/mol. The molecule has 1 aromatic carbocycles. The van der Waals surface area contributed by atoms with Crippen molar-refractivity contribution >= 4 is 23.8 Å². The second-order valence-electron chi connectivity index (χ2n) is 4.78. The van der Waals surface area contributed by atoms with Gasteiger partial charge in [-0.2, -0.15) is 5.10 Å². The summed E-state index contributed by atoms with van der Waals surface area (Å²) in [6.07, 6.45) is 3.03. The molecule has 130 valence electrons. The molecule has 0 atom stereocenters. The van der Waals surface area contributed by atoms with E-state index in [-0.39, 0.29) is 6.54 Å². The fourth-order valence-electron chi connectivity index (χ4n) is 1.84. The van der Waals surface area contributed by atoms with Crippen LogP contribution in [0.1, 0.15) is 12.6 Å². The fourth-order valence-corrected chi connectivity index (χ4v) is 1.84. The van der Waals surface area contributed by atoms with Gasteiger partial charge in [0.1, 0.15) is 12.3 Å². The molecular formula is C17H19N5O3. The van der Waals surface area contributed by atoms with E-state index in [1.165, 1.54) is 6.21 Å². The van der Waals surface area contributed by atoms with Gasteiger partial charge in [-0.05, 0) is 31.2 Å². The Morgan fingerprint density at radius 1 is 1.20 bits per heavy atom. The second kappa shape index (κ2) is 9.66. The van der Waals surface area contributed by atoms with Gasteiger partial charge in [0.2, 0.25) is 0 Å². The minimum absolute atomic E-state index is 0.220. The first-order chi connectivity index (χ1) is 12.2. The van der Waals surface area contributed by atoms with Crippen molar-refractivity contribution in [1.82, 2.24) is 15.7 Å². The van der Waals surface area contributed by atoms with Crippen molar-refractivity contribution < 1.29 is 14.3 Å². The number of aromatic nitrogens is 1. The molecule has 3 N–H and O–H groups in total. The van der Waals surface area contributed by atoms with Crippen molar-refractivity contribution in [3.05, 3.63) is 54.4 Å². The number of hydrogen-bond donors (Lipinski definition) is 3. The Bertz CT molecular complexity index is 734. The van der Waals surface area contributed by atoms with E-state index in [4.69, 9.17) is 4.74 Å². The van der Waals surface area contributed by atoms with Crippen molar-refractivity contribution in [3.63, 3.8) is 0 Å². The van der Waals surface area contributed by atoms with E-state index >= 15 is 0 Å². The Morgan fingerprint density at radius 2 is 2.00 bits per heavy atom. The van der Waals surface area contributed by atoms with Gasteiger partial charge in [-0.25, -0.2) is 10.2 Å². The number of amides is 3. The first-order valence-electron chi connectivity index (χ1n) is 7.68. The molecule has 0 spiro atoms. The highest BCUT2D eigenvalue weighted by atomic mass is 16.5. The van der Waals surface area contributed by atoms with Crippen LogP contribution in [-0.2, 0) is 4.79 Å². The predicted octanol–water partition coefficient (Wildman–Crippen LogP) is 1.75. The van der Waals surface area contributed by atoms with Gasteiger partial charge < -0.3 is 15.4 Å². The summed E-state index contributed by atoms with van der Waals surface area (Å²) in [4.78, 5) is 27.5. The molecule has 0 saturated heterocycles. The van der Waals surface area contributed by atoms with Crippen LogP contribution in [0.2, 0.25) is 0 Å². The van der Waals surface area contributed by atoms with E-state index < -0.39 is 11.9 Å². The van der Waals surface area contributed by atoms with E-state index in [1.54, 1.807) is 42.6 Å². The maximum absolute atomic E-state index is 11.9. The molecule has 1 aromatic heterocycles. The third kappa shape index (κ3) is 6.30. The molecule has 2 rings (SSSR count). The van der Waals surface area contributed by atoms with Crippen LogP contribution in [0.4, 0.5) is 10.5 Å². The number of nitrogens with one attached hydrogen (secondary N) is 3. The van der Waals surface area contributed by atoms with Gasteiger partial charge in [-0.15, -0.1) is 0 Å². The van der Waals surface area contributed by atoms with E-state index in [9.17, 15) is 9.59 Å². The number of ether oxygens (including phenoxy) is 1. The molecule has 25 heavy (non-hydrogen) atoms. The number of benzene rings is 1. The Morgan fingerprint density at radius 3 is 2.76 bits per heavy atom. The molecule has 0 aliphatic rings. The summed E-state index contributed by atoms with van der Waals surface area (Å²) in [7, 11) is 0. The molecule has 0 fully saturated rings. The Balaban J connectivity index is 1.76. The van der Waals surface area contributed by atoms with Gasteiger partial charge in [0.25, 0.3) is 5.91 Å². The zero-order chi connectivity index (χ0) is 17.9. The monoisotopic (exact) mass is 341 g/mol. The van der Waals surface area contributed by atoms with Crippen LogP contribution in [0.25, 0.3) is 0 Å². The lowest BCUT2D eigenvalue weighted by Gasteiger charge is -2.11. The van der Waals surface area contributed by atoms with Crippen molar-refractivity contribution in [3.8, 4) is 5.75 Å². The van der Waals surface area contributed by atoms with Gasteiger partial charge in [0.15, 0.2) is 0 Å². The number of rotatable bonds is 7. The van der Waals surface area contributed by atoms with Crippen molar-refractivity contribution in [2.45, 2.75) is 6.92 Å². The largest absolute Gasteiger partial charge is 0.492 e. The van der Waals surface area contributed by atoms with Gasteiger partial charge in [0, 0.05) is 6.20 Å². The molecule has 8 nitrogen and oxygen atoms in total. The van der Waals surface area contributed by atoms with Crippen LogP contribution in [0.15, 0.2) is 53.8 Å². The Kier molecular flexibility index (Phi) is 6.93. The lowest BCUT2D eigenvalue weighted by atomic mass is 10.3. The van der Waals surface area contributed by atoms with Crippen LogP contribution >= 0.6 is 0 Å². The molecule has 1 heterocycles. The molecule has 0 bridgehead atoms. The molecular weight excluding hydrogens is 322 g/mol. The molecule has 2 aromatic rings. The molecule has 0 aliphatic heterocycles. The zero-order valence-electron chi connectivity index (χ0n) is 13.7. The van der Waals surface area contributed by atoms with Gasteiger partial charge in [-0.3, -0.25) is 9.78 Å². The summed E-state index contributed by atoms with van der Waals surface area (Å²) < 4.78 is 5.41. The number of pyridine rings is 1. The molecule has 0 radical (unpaired) electrons. The predicted molar refractivity (Wildman–Crippen MR) is 94.6 cm³/mol. The van der Waals surface area contributed by atoms with Crippen LogP contribution < -0.4 is 20.8 Å². The highest BCUT2D eigenvalue weighted by Gasteiger charge is 2.08. The Hall–Kier alpha value is -3.42. The minimum atomic E-state index is -0.518. The van der Waals surface area contributed by atoms with E-state index in [0.717, 1.165) is 0 Å². The Labute approximate surface area is 145 Å². The standard InChI is InChI=1S/C17H19N5O3/c1-2-25-15-9-4-3-8-14(15)21-17(24)19-12-16(23)22-20-11-13-7-5-6-10-18-13/h3-11H,2,12H2,1H3,(H,22,23)(H2,19,21,24).